The van der Waals surface area contributed by atoms with Gasteiger partial charge in [-0.05, 0) is 34.1 Å². The van der Waals surface area contributed by atoms with Crippen molar-refractivity contribution in [2.45, 2.75) is 17.4 Å². The highest BCUT2D eigenvalue weighted by Gasteiger charge is 2.31. The van der Waals surface area contributed by atoms with Crippen molar-refractivity contribution in [1.82, 2.24) is 10.3 Å². The summed E-state index contributed by atoms with van der Waals surface area (Å²) in [6.07, 6.45) is 2.90. The smallest absolute Gasteiger partial charge is 0.104 e. The van der Waals surface area contributed by atoms with Crippen molar-refractivity contribution in [3.05, 3.63) is 24.4 Å². The first-order chi connectivity index (χ1) is 11.9. The van der Waals surface area contributed by atoms with E-state index in [1.807, 2.05) is 17.8 Å². The molecular formula is C17H20N4OS2. The molecule has 0 amide bonds. The van der Waals surface area contributed by atoms with Crippen LogP contribution in [0.25, 0.3) is 11.3 Å². The Morgan fingerprint density at radius 1 is 1.42 bits per heavy atom. The second-order valence-corrected chi connectivity index (χ2v) is 7.97. The normalized spacial score (nSPS) is 20.4. The van der Waals surface area contributed by atoms with Gasteiger partial charge >= 0.3 is 0 Å². The fraction of sp³-hybridized carbons (Fsp3) is 0.412. The maximum Gasteiger partial charge on any atom is 0.104 e. The Bertz CT molecular complexity index is 724. The van der Waals surface area contributed by atoms with Gasteiger partial charge in [0.15, 0.2) is 0 Å². The number of methoxy groups -OCH3 is 1. The van der Waals surface area contributed by atoms with Crippen LogP contribution in [-0.4, -0.2) is 49.9 Å². The topological polar surface area (TPSA) is 49.8 Å². The number of anilines is 1. The Labute approximate surface area is 150 Å². The van der Waals surface area contributed by atoms with Gasteiger partial charge in [0.25, 0.3) is 0 Å². The van der Waals surface area contributed by atoms with Crippen molar-refractivity contribution in [3.63, 3.8) is 0 Å². The first-order valence-electron chi connectivity index (χ1n) is 8.12. The molecule has 1 aliphatic carbocycles. The van der Waals surface area contributed by atoms with E-state index in [1.54, 1.807) is 28.7 Å². The predicted molar refractivity (Wildman–Crippen MR) is 103 cm³/mol. The Kier molecular flexibility index (Phi) is 4.93. The van der Waals surface area contributed by atoms with Crippen LogP contribution in [-0.2, 0) is 4.74 Å². The molecule has 4 aliphatic rings. The van der Waals surface area contributed by atoms with Crippen LogP contribution in [0.1, 0.15) is 6.42 Å². The average Bonchev–Trinajstić information content (AvgIpc) is 2.77. The predicted octanol–water partition coefficient (Wildman–Crippen LogP) is 3.41. The van der Waals surface area contributed by atoms with Crippen LogP contribution in [0.5, 0.6) is 0 Å². The lowest BCUT2D eigenvalue weighted by Gasteiger charge is -2.35. The molecule has 0 aromatic carbocycles. The lowest BCUT2D eigenvalue weighted by atomic mass is 10.1. The highest BCUT2D eigenvalue weighted by Crippen LogP contribution is 2.56. The first kappa shape index (κ1) is 16.2. The van der Waals surface area contributed by atoms with Gasteiger partial charge in [-0.25, -0.2) is 4.99 Å². The maximum atomic E-state index is 5.24. The summed E-state index contributed by atoms with van der Waals surface area (Å²) in [6.45, 7) is 3.69. The van der Waals surface area contributed by atoms with Crippen LogP contribution in [0.2, 0.25) is 0 Å². The SMILES string of the molecule is COCCC1CN(c2c3nccccc-3c3c2N=CSS3)CCN1. The summed E-state index contributed by atoms with van der Waals surface area (Å²) >= 11 is 0. The zero-order valence-corrected chi connectivity index (χ0v) is 15.2. The van der Waals surface area contributed by atoms with Crippen LogP contribution < -0.4 is 10.2 Å². The third-order valence-electron chi connectivity index (χ3n) is 4.43. The van der Waals surface area contributed by atoms with Gasteiger partial charge in [-0.15, -0.1) is 0 Å². The molecule has 126 valence electrons. The number of aromatic nitrogens is 1. The van der Waals surface area contributed by atoms with Gasteiger partial charge in [0.05, 0.1) is 21.8 Å². The monoisotopic (exact) mass is 360 g/mol. The average molecular weight is 361 g/mol. The number of nitrogens with zero attached hydrogens (tertiary/aromatic N) is 3. The lowest BCUT2D eigenvalue weighted by molar-refractivity contribution is 0.181. The van der Waals surface area contributed by atoms with E-state index >= 15 is 0 Å². The fourth-order valence-electron chi connectivity index (χ4n) is 3.32. The van der Waals surface area contributed by atoms with Gasteiger partial charge in [-0.3, -0.25) is 4.98 Å². The third-order valence-corrected chi connectivity index (χ3v) is 6.34. The second-order valence-electron chi connectivity index (χ2n) is 5.91. The number of rotatable bonds is 4. The van der Waals surface area contributed by atoms with E-state index < -0.39 is 0 Å². The molecule has 0 aromatic rings. The van der Waals surface area contributed by atoms with Crippen molar-refractivity contribution >= 4 is 38.5 Å². The standard InChI is InChI=1S/C17H20N4OS2/c1-22-9-5-12-10-21(8-7-18-12)16-14-13(4-2-3-6-19-14)17-15(16)20-11-23-24-17/h2-4,6,11-12,18H,5,7-10H2,1H3. The van der Waals surface area contributed by atoms with E-state index in [9.17, 15) is 0 Å². The minimum atomic E-state index is 0.436. The molecule has 1 unspecified atom stereocenters. The van der Waals surface area contributed by atoms with Crippen LogP contribution >= 0.6 is 21.6 Å². The molecule has 1 N–H and O–H groups in total. The highest BCUT2D eigenvalue weighted by atomic mass is 33.1. The molecule has 1 atom stereocenters. The summed E-state index contributed by atoms with van der Waals surface area (Å²) in [5, 5.41) is 3.59. The molecule has 1 fully saturated rings. The zero-order valence-electron chi connectivity index (χ0n) is 13.6. The van der Waals surface area contributed by atoms with Crippen molar-refractivity contribution in [3.8, 4) is 11.3 Å². The molecule has 0 aromatic heterocycles. The molecule has 24 heavy (non-hydrogen) atoms. The quantitative estimate of drug-likeness (QED) is 0.843. The Morgan fingerprint density at radius 3 is 3.29 bits per heavy atom. The molecule has 5 nitrogen and oxygen atoms in total. The summed E-state index contributed by atoms with van der Waals surface area (Å²) in [5.74, 6) is 0. The number of fused-ring (bicyclic) bond motifs is 3. The minimum absolute atomic E-state index is 0.436. The Morgan fingerprint density at radius 2 is 2.38 bits per heavy atom. The van der Waals surface area contributed by atoms with E-state index in [2.05, 4.69) is 22.3 Å². The van der Waals surface area contributed by atoms with Crippen molar-refractivity contribution in [2.24, 2.45) is 4.99 Å². The van der Waals surface area contributed by atoms with Crippen molar-refractivity contribution in [1.29, 1.82) is 0 Å². The number of nitrogens with one attached hydrogen (secondary N) is 1. The largest absolute Gasteiger partial charge is 0.385 e. The Hall–Kier alpha value is -1.28. The van der Waals surface area contributed by atoms with Crippen LogP contribution in [0, 0.1) is 0 Å². The summed E-state index contributed by atoms with van der Waals surface area (Å²) in [4.78, 5) is 13.1. The van der Waals surface area contributed by atoms with Crippen LogP contribution in [0.15, 0.2) is 34.3 Å². The molecule has 0 spiro atoms. The second kappa shape index (κ2) is 7.31. The van der Waals surface area contributed by atoms with E-state index in [0.717, 1.165) is 44.0 Å². The lowest BCUT2D eigenvalue weighted by Crippen LogP contribution is -2.51. The van der Waals surface area contributed by atoms with E-state index in [1.165, 1.54) is 16.1 Å². The van der Waals surface area contributed by atoms with E-state index in [4.69, 9.17) is 14.7 Å². The van der Waals surface area contributed by atoms with E-state index in [0.29, 0.717) is 6.04 Å². The van der Waals surface area contributed by atoms with Gasteiger partial charge in [0.1, 0.15) is 5.69 Å². The molecular weight excluding hydrogens is 340 g/mol. The van der Waals surface area contributed by atoms with Gasteiger partial charge < -0.3 is 15.0 Å². The van der Waals surface area contributed by atoms with E-state index in [-0.39, 0.29) is 0 Å². The van der Waals surface area contributed by atoms with Crippen LogP contribution in [0.3, 0.4) is 0 Å². The number of aliphatic imine (C=N–C) groups is 1. The summed E-state index contributed by atoms with van der Waals surface area (Å²) < 4.78 is 5.24. The molecule has 3 aliphatic heterocycles. The molecule has 0 radical (unpaired) electrons. The number of hydrogen-bond acceptors (Lipinski definition) is 7. The summed E-state index contributed by atoms with van der Waals surface area (Å²) in [7, 11) is 5.21. The maximum absolute atomic E-state index is 5.24. The van der Waals surface area contributed by atoms with Crippen LogP contribution in [0.4, 0.5) is 11.4 Å². The first-order valence-corrected chi connectivity index (χ1v) is 10.3. The van der Waals surface area contributed by atoms with Crippen molar-refractivity contribution < 1.29 is 4.74 Å². The summed E-state index contributed by atoms with van der Waals surface area (Å²) in [5.41, 5.74) is 6.46. The van der Waals surface area contributed by atoms with Crippen molar-refractivity contribution in [2.75, 3.05) is 38.3 Å². The molecule has 1 saturated heterocycles. The van der Waals surface area contributed by atoms with Gasteiger partial charge in [0.2, 0.25) is 0 Å². The summed E-state index contributed by atoms with van der Waals surface area (Å²) in [6, 6.07) is 6.64. The molecule has 0 saturated carbocycles. The third kappa shape index (κ3) is 3.01. The Balaban J connectivity index is 1.73. The molecule has 3 heterocycles. The minimum Gasteiger partial charge on any atom is -0.385 e. The molecule has 4 rings (SSSR count). The number of hydrogen-bond donors (Lipinski definition) is 1. The fourth-order valence-corrected chi connectivity index (χ4v) is 5.14. The van der Waals surface area contributed by atoms with Gasteiger partial charge in [-0.1, -0.05) is 12.1 Å². The number of piperazine rings is 1. The van der Waals surface area contributed by atoms with Gasteiger partial charge in [0, 0.05) is 51.2 Å². The highest BCUT2D eigenvalue weighted by molar-refractivity contribution is 8.81. The molecule has 7 heteroatoms. The van der Waals surface area contributed by atoms with Gasteiger partial charge in [-0.2, -0.15) is 0 Å². The molecule has 0 bridgehead atoms. The number of ether oxygens (including phenoxy) is 1. The zero-order chi connectivity index (χ0) is 16.4.